The molecule has 2 aromatic rings. The van der Waals surface area contributed by atoms with Crippen LogP contribution in [-0.4, -0.2) is 19.2 Å². The first kappa shape index (κ1) is 16.7. The molecule has 0 saturated heterocycles. The van der Waals surface area contributed by atoms with E-state index in [2.05, 4.69) is 22.8 Å². The molecule has 1 unspecified atom stereocenters. The molecule has 5 heteroatoms. The van der Waals surface area contributed by atoms with E-state index < -0.39 is 0 Å². The molecule has 2 aromatic carbocycles. The molecule has 0 spiro atoms. The number of urea groups is 1. The van der Waals surface area contributed by atoms with Crippen LogP contribution in [-0.2, 0) is 0 Å². The second-order valence-corrected chi connectivity index (χ2v) is 6.36. The highest BCUT2D eigenvalue weighted by molar-refractivity contribution is 6.30. The van der Waals surface area contributed by atoms with Gasteiger partial charge >= 0.3 is 6.03 Å². The highest BCUT2D eigenvalue weighted by Crippen LogP contribution is 2.40. The van der Waals surface area contributed by atoms with Gasteiger partial charge in [0.15, 0.2) is 0 Å². The maximum Gasteiger partial charge on any atom is 0.315 e. The number of rotatable bonds is 7. The van der Waals surface area contributed by atoms with Crippen LogP contribution in [0.15, 0.2) is 54.6 Å². The summed E-state index contributed by atoms with van der Waals surface area (Å²) in [5.41, 5.74) is 1.16. The monoisotopic (exact) mass is 344 g/mol. The molecular formula is C19H21ClN2O2. The molecule has 3 rings (SSSR count). The first-order valence-electron chi connectivity index (χ1n) is 8.20. The maximum atomic E-state index is 12.1. The van der Waals surface area contributed by atoms with E-state index in [4.69, 9.17) is 16.3 Å². The molecule has 1 atom stereocenters. The van der Waals surface area contributed by atoms with Crippen LogP contribution >= 0.6 is 11.6 Å². The third kappa shape index (κ3) is 4.90. The molecule has 0 aliphatic heterocycles. The smallest absolute Gasteiger partial charge is 0.315 e. The van der Waals surface area contributed by atoms with Gasteiger partial charge < -0.3 is 15.4 Å². The lowest BCUT2D eigenvalue weighted by Crippen LogP contribution is -2.40. The van der Waals surface area contributed by atoms with Crippen molar-refractivity contribution >= 4 is 17.6 Å². The van der Waals surface area contributed by atoms with Gasteiger partial charge in [-0.15, -0.1) is 0 Å². The van der Waals surface area contributed by atoms with E-state index in [9.17, 15) is 4.79 Å². The fourth-order valence-corrected chi connectivity index (χ4v) is 2.75. The fourth-order valence-electron chi connectivity index (χ4n) is 2.62. The molecule has 126 valence electrons. The minimum absolute atomic E-state index is 0.0865. The Morgan fingerprint density at radius 2 is 1.83 bits per heavy atom. The Balaban J connectivity index is 1.42. The number of hydrogen-bond acceptors (Lipinski definition) is 2. The molecule has 0 radical (unpaired) electrons. The normalized spacial score (nSPS) is 14.7. The third-order valence-electron chi connectivity index (χ3n) is 4.01. The number of amides is 2. The van der Waals surface area contributed by atoms with Crippen LogP contribution < -0.4 is 15.4 Å². The molecule has 4 nitrogen and oxygen atoms in total. The van der Waals surface area contributed by atoms with Crippen molar-refractivity contribution in [2.75, 3.05) is 13.2 Å². The van der Waals surface area contributed by atoms with Gasteiger partial charge in [-0.25, -0.2) is 4.79 Å². The van der Waals surface area contributed by atoms with Crippen LogP contribution in [0.1, 0.15) is 24.4 Å². The quantitative estimate of drug-likeness (QED) is 0.741. The van der Waals surface area contributed by atoms with E-state index in [1.165, 1.54) is 12.8 Å². The predicted octanol–water partition coefficient (Wildman–Crippen LogP) is 4.17. The number of hydrogen-bond donors (Lipinski definition) is 2. The SMILES string of the molecule is O=C(NCCOc1ccc(Cl)cc1)NC(c1ccccc1)C1CC1. The molecule has 1 aliphatic carbocycles. The summed E-state index contributed by atoms with van der Waals surface area (Å²) >= 11 is 5.82. The predicted molar refractivity (Wildman–Crippen MR) is 95.4 cm³/mol. The lowest BCUT2D eigenvalue weighted by Gasteiger charge is -2.19. The zero-order valence-electron chi connectivity index (χ0n) is 13.4. The Hall–Kier alpha value is -2.20. The van der Waals surface area contributed by atoms with E-state index >= 15 is 0 Å². The van der Waals surface area contributed by atoms with Gasteiger partial charge in [0.1, 0.15) is 12.4 Å². The van der Waals surface area contributed by atoms with Crippen molar-refractivity contribution in [2.45, 2.75) is 18.9 Å². The average molecular weight is 345 g/mol. The summed E-state index contributed by atoms with van der Waals surface area (Å²) in [6.45, 7) is 0.856. The van der Waals surface area contributed by atoms with Crippen LogP contribution in [0.3, 0.4) is 0 Å². The van der Waals surface area contributed by atoms with Crippen molar-refractivity contribution < 1.29 is 9.53 Å². The van der Waals surface area contributed by atoms with Crippen LogP contribution in [0.2, 0.25) is 5.02 Å². The largest absolute Gasteiger partial charge is 0.492 e. The van der Waals surface area contributed by atoms with Gasteiger partial charge in [-0.05, 0) is 48.6 Å². The molecule has 2 N–H and O–H groups in total. The van der Waals surface area contributed by atoms with Crippen LogP contribution in [0.5, 0.6) is 5.75 Å². The van der Waals surface area contributed by atoms with Crippen molar-refractivity contribution in [1.29, 1.82) is 0 Å². The Morgan fingerprint density at radius 3 is 2.50 bits per heavy atom. The van der Waals surface area contributed by atoms with Crippen LogP contribution in [0.4, 0.5) is 4.79 Å². The van der Waals surface area contributed by atoms with Crippen molar-refractivity contribution in [3.8, 4) is 5.75 Å². The van der Waals surface area contributed by atoms with Gasteiger partial charge in [-0.2, -0.15) is 0 Å². The van der Waals surface area contributed by atoms with Crippen molar-refractivity contribution in [3.05, 3.63) is 65.2 Å². The van der Waals surface area contributed by atoms with Gasteiger partial charge in [0.25, 0.3) is 0 Å². The lowest BCUT2D eigenvalue weighted by molar-refractivity contribution is 0.231. The molecule has 0 heterocycles. The summed E-state index contributed by atoms with van der Waals surface area (Å²) in [4.78, 5) is 12.1. The summed E-state index contributed by atoms with van der Waals surface area (Å²) in [5.74, 6) is 1.28. The van der Waals surface area contributed by atoms with E-state index in [0.717, 1.165) is 11.3 Å². The second kappa shape index (κ2) is 8.06. The van der Waals surface area contributed by atoms with Crippen LogP contribution in [0.25, 0.3) is 0 Å². The van der Waals surface area contributed by atoms with E-state index in [0.29, 0.717) is 24.1 Å². The van der Waals surface area contributed by atoms with Crippen molar-refractivity contribution in [3.63, 3.8) is 0 Å². The van der Waals surface area contributed by atoms with E-state index in [1.54, 1.807) is 24.3 Å². The Labute approximate surface area is 147 Å². The lowest BCUT2D eigenvalue weighted by atomic mass is 10.0. The molecule has 0 aromatic heterocycles. The standard InChI is InChI=1S/C19H21ClN2O2/c20-16-8-10-17(11-9-16)24-13-12-21-19(23)22-18(15-6-7-15)14-4-2-1-3-5-14/h1-5,8-11,15,18H,6-7,12-13H2,(H2,21,22,23). The highest BCUT2D eigenvalue weighted by atomic mass is 35.5. The Kier molecular flexibility index (Phi) is 5.59. The molecule has 1 aliphatic rings. The number of nitrogens with one attached hydrogen (secondary N) is 2. The van der Waals surface area contributed by atoms with Gasteiger partial charge in [0.2, 0.25) is 0 Å². The minimum Gasteiger partial charge on any atom is -0.492 e. The number of carbonyl (C=O) groups is 1. The number of carbonyl (C=O) groups excluding carboxylic acids is 1. The fraction of sp³-hybridized carbons (Fsp3) is 0.316. The Morgan fingerprint density at radius 1 is 1.12 bits per heavy atom. The summed E-state index contributed by atoms with van der Waals surface area (Å²) in [6, 6.07) is 17.2. The number of ether oxygens (including phenoxy) is 1. The minimum atomic E-state index is -0.157. The van der Waals surface area contributed by atoms with E-state index in [1.807, 2.05) is 18.2 Å². The molecule has 24 heavy (non-hydrogen) atoms. The Bertz CT molecular complexity index is 657. The van der Waals surface area contributed by atoms with Gasteiger partial charge in [-0.3, -0.25) is 0 Å². The van der Waals surface area contributed by atoms with Crippen molar-refractivity contribution in [1.82, 2.24) is 10.6 Å². The molecular weight excluding hydrogens is 324 g/mol. The summed E-state index contributed by atoms with van der Waals surface area (Å²) in [5, 5.41) is 6.60. The topological polar surface area (TPSA) is 50.4 Å². The molecule has 1 fully saturated rings. The van der Waals surface area contributed by atoms with Gasteiger partial charge in [-0.1, -0.05) is 41.9 Å². The first-order valence-corrected chi connectivity index (χ1v) is 8.58. The molecule has 0 bridgehead atoms. The highest BCUT2D eigenvalue weighted by Gasteiger charge is 2.33. The number of halogens is 1. The second-order valence-electron chi connectivity index (χ2n) is 5.93. The zero-order valence-corrected chi connectivity index (χ0v) is 14.1. The average Bonchev–Trinajstić information content (AvgIpc) is 3.44. The van der Waals surface area contributed by atoms with Crippen LogP contribution in [0, 0.1) is 5.92 Å². The maximum absolute atomic E-state index is 12.1. The summed E-state index contributed by atoms with van der Waals surface area (Å²) in [6.07, 6.45) is 2.33. The first-order chi connectivity index (χ1) is 11.7. The van der Waals surface area contributed by atoms with E-state index in [-0.39, 0.29) is 12.1 Å². The molecule has 1 saturated carbocycles. The third-order valence-corrected chi connectivity index (χ3v) is 4.26. The zero-order chi connectivity index (χ0) is 16.8. The molecule has 2 amide bonds. The van der Waals surface area contributed by atoms with Crippen molar-refractivity contribution in [2.24, 2.45) is 5.92 Å². The number of benzene rings is 2. The summed E-state index contributed by atoms with van der Waals surface area (Å²) < 4.78 is 5.56. The van der Waals surface area contributed by atoms with Gasteiger partial charge in [0, 0.05) is 5.02 Å². The van der Waals surface area contributed by atoms with Gasteiger partial charge in [0.05, 0.1) is 12.6 Å². The summed E-state index contributed by atoms with van der Waals surface area (Å²) in [7, 11) is 0.